The summed E-state index contributed by atoms with van der Waals surface area (Å²) in [6.45, 7) is 4.07. The summed E-state index contributed by atoms with van der Waals surface area (Å²) in [6.07, 6.45) is 0.148. The first-order valence-electron chi connectivity index (χ1n) is 20.0. The van der Waals surface area contributed by atoms with Crippen LogP contribution in [0.4, 0.5) is 13.2 Å². The third-order valence-electron chi connectivity index (χ3n) is 9.36. The fourth-order valence-corrected chi connectivity index (χ4v) is 7.98. The topological polar surface area (TPSA) is 368 Å². The van der Waals surface area contributed by atoms with Crippen molar-refractivity contribution in [3.63, 3.8) is 0 Å². The molecule has 352 valence electrons. The standard InChI is InChI=1S/C37H60F3N15O6S2/c1-17(2)24(56)14-51-30(57)23-16-63-29-25(38)18(3)28(26(39)27(29)40)62-15-22(47-4)34(61)54-20(9-6-12-49-36(43)44)32(59)52-19(8-5-11-48-35(41)42)31(58)53-21(33(60)55-23)10-7-13-50-37(45)46/h17,19-23,47H,5-16H2,1-4H3,(H,51,57)(H,52,59)(H,53,58)(H,54,61)(H,55,60)(H4,41,42,48)(H4,43,44,49)(H4,45,46,50). The van der Waals surface area contributed by atoms with E-state index in [4.69, 9.17) is 34.4 Å². The fourth-order valence-electron chi connectivity index (χ4n) is 5.74. The second-order valence-corrected chi connectivity index (χ2v) is 16.7. The molecule has 5 unspecified atom stereocenters. The molecule has 0 fully saturated rings. The number of aliphatic imine (C=N–C) groups is 3. The van der Waals surface area contributed by atoms with E-state index >= 15 is 13.2 Å². The Morgan fingerprint density at radius 2 is 1.08 bits per heavy atom. The van der Waals surface area contributed by atoms with Crippen LogP contribution < -0.4 is 66.3 Å². The second kappa shape index (κ2) is 26.9. The van der Waals surface area contributed by atoms with Gasteiger partial charge < -0.3 is 66.3 Å². The average molecular weight is 932 g/mol. The van der Waals surface area contributed by atoms with Crippen LogP contribution in [-0.4, -0.2) is 128 Å². The van der Waals surface area contributed by atoms with Crippen molar-refractivity contribution in [3.05, 3.63) is 23.0 Å². The van der Waals surface area contributed by atoms with Crippen LogP contribution in [0.1, 0.15) is 57.9 Å². The van der Waals surface area contributed by atoms with Crippen molar-refractivity contribution >= 4 is 76.7 Å². The van der Waals surface area contributed by atoms with Gasteiger partial charge in [-0.25, -0.2) is 13.2 Å². The number of hydrogen-bond donors (Lipinski definition) is 12. The van der Waals surface area contributed by atoms with Crippen LogP contribution in [0.5, 0.6) is 0 Å². The molecular formula is C37H60F3N15O6S2. The van der Waals surface area contributed by atoms with Gasteiger partial charge in [0, 0.05) is 42.6 Å². The lowest BCUT2D eigenvalue weighted by Crippen LogP contribution is -2.59. The quantitative estimate of drug-likeness (QED) is 0.0256. The maximum absolute atomic E-state index is 15.9. The molecule has 2 aliphatic rings. The Hall–Kier alpha value is -5.50. The van der Waals surface area contributed by atoms with Gasteiger partial charge in [-0.2, -0.15) is 0 Å². The molecule has 2 heterocycles. The SMILES string of the molecule is CNC1CSc2c(C)c(F)c(c(F)c2F)SCC(C(=O)NCC(=O)C(C)C)NC(=O)C(CCCN=C(N)N)NC(=O)C(CCCN=C(N)N)NC(=O)C(CCCN=C(N)N)NC1=O. The van der Waals surface area contributed by atoms with Gasteiger partial charge in [-0.1, -0.05) is 13.8 Å². The van der Waals surface area contributed by atoms with E-state index in [0.29, 0.717) is 23.5 Å². The molecule has 5 amide bonds. The van der Waals surface area contributed by atoms with E-state index in [9.17, 15) is 28.8 Å². The van der Waals surface area contributed by atoms with Gasteiger partial charge >= 0.3 is 0 Å². The number of halogens is 3. The number of nitrogens with two attached hydrogens (primary N) is 6. The minimum Gasteiger partial charge on any atom is -0.370 e. The molecule has 1 aromatic rings. The summed E-state index contributed by atoms with van der Waals surface area (Å²) >= 11 is 1.03. The molecular weight excluding hydrogens is 872 g/mol. The summed E-state index contributed by atoms with van der Waals surface area (Å²) in [6, 6.07) is -6.89. The number of nitrogens with one attached hydrogen (secondary N) is 6. The van der Waals surface area contributed by atoms with E-state index < -0.39 is 105 Å². The van der Waals surface area contributed by atoms with Gasteiger partial charge in [0.25, 0.3) is 0 Å². The van der Waals surface area contributed by atoms with Crippen LogP contribution in [0.15, 0.2) is 24.8 Å². The molecule has 2 aliphatic heterocycles. The number of fused-ring (bicyclic) bond motifs is 18. The third kappa shape index (κ3) is 18.0. The number of rotatable bonds is 17. The molecule has 5 atom stereocenters. The van der Waals surface area contributed by atoms with Gasteiger partial charge in [0.05, 0.1) is 22.4 Å². The highest BCUT2D eigenvalue weighted by Crippen LogP contribution is 2.37. The normalized spacial score (nSPS) is 20.3. The van der Waals surface area contributed by atoms with Crippen molar-refractivity contribution in [1.29, 1.82) is 0 Å². The lowest BCUT2D eigenvalue weighted by molar-refractivity contribution is -0.135. The predicted octanol–water partition coefficient (Wildman–Crippen LogP) is -2.36. The van der Waals surface area contributed by atoms with Crippen LogP contribution in [-0.2, 0) is 28.8 Å². The Morgan fingerprint density at radius 1 is 0.667 bits per heavy atom. The largest absolute Gasteiger partial charge is 0.370 e. The highest BCUT2D eigenvalue weighted by atomic mass is 32.2. The van der Waals surface area contributed by atoms with Crippen molar-refractivity contribution < 1.29 is 41.9 Å². The number of guanidine groups is 3. The van der Waals surface area contributed by atoms with Gasteiger partial charge in [0.15, 0.2) is 35.3 Å². The zero-order valence-electron chi connectivity index (χ0n) is 35.7. The lowest BCUT2D eigenvalue weighted by atomic mass is 10.0. The lowest BCUT2D eigenvalue weighted by Gasteiger charge is -2.27. The van der Waals surface area contributed by atoms with E-state index in [2.05, 4.69) is 46.9 Å². The van der Waals surface area contributed by atoms with Crippen LogP contribution in [0, 0.1) is 30.3 Å². The van der Waals surface area contributed by atoms with Crippen LogP contribution in [0.2, 0.25) is 0 Å². The third-order valence-corrected chi connectivity index (χ3v) is 11.8. The summed E-state index contributed by atoms with van der Waals surface area (Å²) < 4.78 is 47.4. The van der Waals surface area contributed by atoms with Crippen LogP contribution in [0.3, 0.4) is 0 Å². The Kier molecular flexibility index (Phi) is 22.9. The molecule has 0 aliphatic carbocycles. The number of hydrogen-bond acceptors (Lipinski definition) is 12. The molecule has 18 N–H and O–H groups in total. The van der Waals surface area contributed by atoms with Crippen molar-refractivity contribution in [3.8, 4) is 0 Å². The smallest absolute Gasteiger partial charge is 0.243 e. The minimum atomic E-state index is -1.60. The van der Waals surface area contributed by atoms with Crippen molar-refractivity contribution in [2.75, 3.05) is 44.7 Å². The number of likely N-dealkylation sites (N-methyl/N-ethyl adjacent to an activating group) is 1. The summed E-state index contributed by atoms with van der Waals surface area (Å²) in [5.74, 6) is -10.9. The summed E-state index contributed by atoms with van der Waals surface area (Å²) in [7, 11) is 1.41. The van der Waals surface area contributed by atoms with Crippen LogP contribution in [0.25, 0.3) is 0 Å². The predicted molar refractivity (Wildman–Crippen MR) is 236 cm³/mol. The minimum absolute atomic E-state index is 0.00430. The van der Waals surface area contributed by atoms with Gasteiger partial charge in [0.1, 0.15) is 30.0 Å². The van der Waals surface area contributed by atoms with E-state index in [1.54, 1.807) is 13.8 Å². The monoisotopic (exact) mass is 931 g/mol. The number of thioether (sulfide) groups is 2. The number of Topliss-reactive ketones (excluding diaryl/α,β-unsaturated/α-hetero) is 1. The molecule has 26 heteroatoms. The number of amides is 5. The molecule has 21 nitrogen and oxygen atoms in total. The highest BCUT2D eigenvalue weighted by molar-refractivity contribution is 7.99. The first-order chi connectivity index (χ1) is 29.7. The van der Waals surface area contributed by atoms with E-state index in [1.165, 1.54) is 14.0 Å². The molecule has 3 rings (SSSR count). The maximum atomic E-state index is 15.9. The molecule has 1 aromatic carbocycles. The van der Waals surface area contributed by atoms with Crippen molar-refractivity contribution in [2.45, 2.75) is 99.3 Å². The number of benzene rings is 1. The van der Waals surface area contributed by atoms with Crippen molar-refractivity contribution in [1.82, 2.24) is 31.9 Å². The van der Waals surface area contributed by atoms with Gasteiger partial charge in [0.2, 0.25) is 29.5 Å². The second-order valence-electron chi connectivity index (χ2n) is 14.6. The zero-order chi connectivity index (χ0) is 47.4. The first-order valence-corrected chi connectivity index (χ1v) is 21.9. The van der Waals surface area contributed by atoms with Crippen LogP contribution >= 0.6 is 23.5 Å². The Balaban J connectivity index is 2.77. The van der Waals surface area contributed by atoms with Gasteiger partial charge in [-0.15, -0.1) is 23.5 Å². The molecule has 0 radical (unpaired) electrons. The van der Waals surface area contributed by atoms with Gasteiger partial charge in [-0.05, 0) is 52.5 Å². The molecule has 0 aromatic heterocycles. The number of ketones is 1. The summed E-state index contributed by atoms with van der Waals surface area (Å²) in [5.41, 5.74) is 32.5. The van der Waals surface area contributed by atoms with E-state index in [0.717, 1.165) is 0 Å². The highest BCUT2D eigenvalue weighted by Gasteiger charge is 2.34. The maximum Gasteiger partial charge on any atom is 0.243 e. The molecule has 0 spiro atoms. The number of nitrogens with zero attached hydrogens (tertiary/aromatic N) is 3. The fraction of sp³-hybridized carbons (Fsp3) is 0.595. The van der Waals surface area contributed by atoms with Gasteiger partial charge in [-0.3, -0.25) is 43.7 Å². The summed E-state index contributed by atoms with van der Waals surface area (Å²) in [4.78, 5) is 92.4. The molecule has 0 saturated carbocycles. The number of carbonyl (C=O) groups excluding carboxylic acids is 6. The summed E-state index contributed by atoms with van der Waals surface area (Å²) in [5, 5.41) is 15.5. The first kappa shape index (κ1) is 53.6. The Morgan fingerprint density at radius 3 is 1.51 bits per heavy atom. The van der Waals surface area contributed by atoms with E-state index in [1.807, 2.05) is 0 Å². The zero-order valence-corrected chi connectivity index (χ0v) is 37.3. The Bertz CT molecular complexity index is 1850. The Labute approximate surface area is 371 Å². The van der Waals surface area contributed by atoms with E-state index in [-0.39, 0.29) is 93.1 Å². The molecule has 2 bridgehead atoms. The molecule has 63 heavy (non-hydrogen) atoms. The van der Waals surface area contributed by atoms with Crippen molar-refractivity contribution in [2.24, 2.45) is 55.3 Å². The number of carbonyl (C=O) groups is 6. The molecule has 0 saturated heterocycles. The average Bonchev–Trinajstić information content (AvgIpc) is 3.22.